The number of carbonyl (C=O) groups is 1. The molecular formula is C11H19N3O4. The molecule has 0 aromatic rings. The van der Waals surface area contributed by atoms with Crippen molar-refractivity contribution < 1.29 is 19.5 Å². The van der Waals surface area contributed by atoms with E-state index < -0.39 is 6.10 Å². The molecule has 0 aliphatic carbocycles. The first kappa shape index (κ1) is 13.1. The van der Waals surface area contributed by atoms with Gasteiger partial charge in [0, 0.05) is 13.2 Å². The molecule has 0 radical (unpaired) electrons. The van der Waals surface area contributed by atoms with E-state index in [0.29, 0.717) is 26.3 Å². The van der Waals surface area contributed by atoms with Crippen LogP contribution in [0.5, 0.6) is 0 Å². The number of nitrogens with two attached hydrogens (primary N) is 1. The summed E-state index contributed by atoms with van der Waals surface area (Å²) < 4.78 is 10.8. The molecule has 2 aliphatic rings. The fourth-order valence-electron chi connectivity index (χ4n) is 2.28. The van der Waals surface area contributed by atoms with Gasteiger partial charge in [-0.3, -0.25) is 4.79 Å². The van der Waals surface area contributed by atoms with Crippen molar-refractivity contribution in [3.63, 3.8) is 0 Å². The first-order valence-corrected chi connectivity index (χ1v) is 6.13. The molecule has 2 fully saturated rings. The minimum Gasteiger partial charge on any atom is -0.409 e. The van der Waals surface area contributed by atoms with Crippen LogP contribution < -0.4 is 5.73 Å². The highest BCUT2D eigenvalue weighted by Gasteiger charge is 2.36. The number of morpholine rings is 1. The monoisotopic (exact) mass is 257 g/mol. The van der Waals surface area contributed by atoms with Crippen LogP contribution >= 0.6 is 0 Å². The highest BCUT2D eigenvalue weighted by atomic mass is 16.5. The molecule has 2 rings (SSSR count). The van der Waals surface area contributed by atoms with E-state index in [0.717, 1.165) is 6.42 Å². The minimum absolute atomic E-state index is 0.00658. The minimum atomic E-state index is -0.538. The fourth-order valence-corrected chi connectivity index (χ4v) is 2.28. The number of rotatable bonds is 2. The first-order chi connectivity index (χ1) is 8.63. The van der Waals surface area contributed by atoms with Crippen LogP contribution in [0.15, 0.2) is 5.16 Å². The maximum atomic E-state index is 12.3. The molecule has 102 valence electrons. The molecule has 2 heterocycles. The van der Waals surface area contributed by atoms with Crippen molar-refractivity contribution >= 4 is 11.7 Å². The summed E-state index contributed by atoms with van der Waals surface area (Å²) in [6, 6.07) is 0. The van der Waals surface area contributed by atoms with Gasteiger partial charge in [0.1, 0.15) is 12.2 Å². The van der Waals surface area contributed by atoms with Crippen LogP contribution in [0.4, 0.5) is 0 Å². The highest BCUT2D eigenvalue weighted by Crippen LogP contribution is 2.22. The molecule has 3 N–H and O–H groups in total. The summed E-state index contributed by atoms with van der Waals surface area (Å²) in [6.07, 6.45) is 0.00479. The Kier molecular flexibility index (Phi) is 4.03. The molecule has 2 saturated heterocycles. The van der Waals surface area contributed by atoms with E-state index in [1.54, 1.807) is 4.90 Å². The second-order valence-corrected chi connectivity index (χ2v) is 4.73. The summed E-state index contributed by atoms with van der Waals surface area (Å²) >= 11 is 0. The lowest BCUT2D eigenvalue weighted by molar-refractivity contribution is -0.147. The second-order valence-electron chi connectivity index (χ2n) is 4.73. The Bertz CT molecular complexity index is 347. The third kappa shape index (κ3) is 2.56. The number of amidine groups is 1. The number of amides is 1. The summed E-state index contributed by atoms with van der Waals surface area (Å²) in [7, 11) is 0. The smallest absolute Gasteiger partial charge is 0.252 e. The third-order valence-corrected chi connectivity index (χ3v) is 3.45. The molecule has 2 aliphatic heterocycles. The summed E-state index contributed by atoms with van der Waals surface area (Å²) in [5, 5.41) is 11.5. The summed E-state index contributed by atoms with van der Waals surface area (Å²) in [5.74, 6) is 0.203. The van der Waals surface area contributed by atoms with Crippen molar-refractivity contribution in [3.05, 3.63) is 0 Å². The van der Waals surface area contributed by atoms with Gasteiger partial charge in [-0.1, -0.05) is 12.1 Å². The maximum Gasteiger partial charge on any atom is 0.252 e. The molecule has 18 heavy (non-hydrogen) atoms. The molecule has 3 unspecified atom stereocenters. The zero-order valence-corrected chi connectivity index (χ0v) is 10.4. The third-order valence-electron chi connectivity index (χ3n) is 3.45. The molecule has 7 nitrogen and oxygen atoms in total. The van der Waals surface area contributed by atoms with Crippen LogP contribution in [-0.2, 0) is 14.3 Å². The quantitative estimate of drug-likeness (QED) is 0.297. The average Bonchev–Trinajstić information content (AvgIpc) is 2.83. The SMILES string of the molecule is CC1CCOC1C(=O)N1CCOC(C(N)=NO)C1. The molecule has 3 atom stereocenters. The van der Waals surface area contributed by atoms with Gasteiger partial charge in [0.05, 0.1) is 13.2 Å². The Hall–Kier alpha value is -1.34. The van der Waals surface area contributed by atoms with Gasteiger partial charge in [-0.25, -0.2) is 0 Å². The van der Waals surface area contributed by atoms with Gasteiger partial charge in [0.15, 0.2) is 5.84 Å². The Morgan fingerprint density at radius 1 is 1.44 bits per heavy atom. The van der Waals surface area contributed by atoms with E-state index in [2.05, 4.69) is 5.16 Å². The van der Waals surface area contributed by atoms with Crippen LogP contribution in [0.3, 0.4) is 0 Å². The van der Waals surface area contributed by atoms with Gasteiger partial charge >= 0.3 is 0 Å². The molecule has 7 heteroatoms. The standard InChI is InChI=1S/C11H19N3O4/c1-7-2-4-18-9(7)11(15)14-3-5-17-8(6-14)10(12)13-16/h7-9,16H,2-6H2,1H3,(H2,12,13). The summed E-state index contributed by atoms with van der Waals surface area (Å²) in [4.78, 5) is 13.9. The first-order valence-electron chi connectivity index (χ1n) is 6.13. The van der Waals surface area contributed by atoms with E-state index >= 15 is 0 Å². The number of hydrogen-bond acceptors (Lipinski definition) is 5. The van der Waals surface area contributed by atoms with Crippen LogP contribution in [0.2, 0.25) is 0 Å². The van der Waals surface area contributed by atoms with Crippen molar-refractivity contribution in [1.82, 2.24) is 4.90 Å². The Morgan fingerprint density at radius 3 is 2.83 bits per heavy atom. The molecule has 0 bridgehead atoms. The van der Waals surface area contributed by atoms with Gasteiger partial charge in [0.2, 0.25) is 0 Å². The van der Waals surface area contributed by atoms with Gasteiger partial charge in [-0.05, 0) is 12.3 Å². The largest absolute Gasteiger partial charge is 0.409 e. The number of nitrogens with zero attached hydrogens (tertiary/aromatic N) is 2. The molecular weight excluding hydrogens is 238 g/mol. The van der Waals surface area contributed by atoms with E-state index in [9.17, 15) is 4.79 Å². The Labute approximate surface area is 106 Å². The molecule has 0 saturated carbocycles. The lowest BCUT2D eigenvalue weighted by Gasteiger charge is -2.34. The van der Waals surface area contributed by atoms with Crippen molar-refractivity contribution in [1.29, 1.82) is 0 Å². The highest BCUT2D eigenvalue weighted by molar-refractivity contribution is 5.86. The Morgan fingerprint density at radius 2 is 2.22 bits per heavy atom. The lowest BCUT2D eigenvalue weighted by atomic mass is 10.0. The normalized spacial score (nSPS) is 33.7. The maximum absolute atomic E-state index is 12.3. The zero-order valence-electron chi connectivity index (χ0n) is 10.4. The van der Waals surface area contributed by atoms with Crippen LogP contribution in [0, 0.1) is 5.92 Å². The van der Waals surface area contributed by atoms with Crippen molar-refractivity contribution in [3.8, 4) is 0 Å². The number of oxime groups is 1. The van der Waals surface area contributed by atoms with E-state index in [4.69, 9.17) is 20.4 Å². The topological polar surface area (TPSA) is 97.4 Å². The molecule has 0 aromatic heterocycles. The van der Waals surface area contributed by atoms with Gasteiger partial charge < -0.3 is 25.3 Å². The average molecular weight is 257 g/mol. The predicted octanol–water partition coefficient (Wildman–Crippen LogP) is -0.615. The predicted molar refractivity (Wildman–Crippen MR) is 63.2 cm³/mol. The van der Waals surface area contributed by atoms with Crippen LogP contribution in [0.1, 0.15) is 13.3 Å². The van der Waals surface area contributed by atoms with Crippen LogP contribution in [-0.4, -0.2) is 60.4 Å². The van der Waals surface area contributed by atoms with E-state index in [-0.39, 0.29) is 23.8 Å². The van der Waals surface area contributed by atoms with Crippen molar-refractivity contribution in [2.75, 3.05) is 26.3 Å². The second kappa shape index (κ2) is 5.53. The molecule has 1 amide bonds. The number of carbonyl (C=O) groups excluding carboxylic acids is 1. The molecule has 0 aromatic carbocycles. The van der Waals surface area contributed by atoms with Crippen molar-refractivity contribution in [2.45, 2.75) is 25.6 Å². The van der Waals surface area contributed by atoms with Gasteiger partial charge in [0.25, 0.3) is 5.91 Å². The van der Waals surface area contributed by atoms with Gasteiger partial charge in [-0.2, -0.15) is 0 Å². The summed E-state index contributed by atoms with van der Waals surface area (Å²) in [5.41, 5.74) is 5.50. The van der Waals surface area contributed by atoms with Gasteiger partial charge in [-0.15, -0.1) is 0 Å². The summed E-state index contributed by atoms with van der Waals surface area (Å²) in [6.45, 7) is 3.85. The number of hydrogen-bond donors (Lipinski definition) is 2. The lowest BCUT2D eigenvalue weighted by Crippen LogP contribution is -2.53. The van der Waals surface area contributed by atoms with E-state index in [1.807, 2.05) is 6.92 Å². The number of ether oxygens (including phenoxy) is 2. The van der Waals surface area contributed by atoms with E-state index in [1.165, 1.54) is 0 Å². The zero-order chi connectivity index (χ0) is 13.1. The molecule has 0 spiro atoms. The van der Waals surface area contributed by atoms with Crippen LogP contribution in [0.25, 0.3) is 0 Å². The Balaban J connectivity index is 1.98. The fraction of sp³-hybridized carbons (Fsp3) is 0.818. The van der Waals surface area contributed by atoms with Crippen molar-refractivity contribution in [2.24, 2.45) is 16.8 Å².